The molecular formula is C30H37N3O7. The van der Waals surface area contributed by atoms with Crippen LogP contribution < -0.4 is 5.32 Å². The number of fused-ring (bicyclic) bond motifs is 2. The molecule has 5 bridgehead atoms. The SMILES string of the molecule is CCCCN1C/C=C\CCC(=O)NC[C@H](c2ccccc2)OC(=O)[C@@H]2[C@H]3C(=O)N(CCO)[C@H](C1=O)[C@]31C=C[C@H]2O1. The van der Waals surface area contributed by atoms with Gasteiger partial charge in [-0.15, -0.1) is 0 Å². The lowest BCUT2D eigenvalue weighted by Gasteiger charge is -2.35. The summed E-state index contributed by atoms with van der Waals surface area (Å²) in [4.78, 5) is 57.4. The highest BCUT2D eigenvalue weighted by Gasteiger charge is 2.73. The van der Waals surface area contributed by atoms with Crippen molar-refractivity contribution in [1.29, 1.82) is 0 Å². The molecule has 0 unspecified atom stereocenters. The number of unbranched alkanes of at least 4 members (excludes halogenated alkanes) is 1. The quantitative estimate of drug-likeness (QED) is 0.406. The Balaban J connectivity index is 1.53. The number of hydrogen-bond acceptors (Lipinski definition) is 7. The Kier molecular flexibility index (Phi) is 8.37. The number of β-amino-alcohol motifs (C(OH)–C–C–N with tert-alkyl or cyclic N) is 1. The molecule has 2 fully saturated rings. The second-order valence-corrected chi connectivity index (χ2v) is 10.7. The minimum absolute atomic E-state index is 0.0484. The number of nitrogens with one attached hydrogen (secondary N) is 1. The van der Waals surface area contributed by atoms with Crippen LogP contribution in [-0.2, 0) is 28.7 Å². The van der Waals surface area contributed by atoms with Gasteiger partial charge in [0, 0.05) is 26.1 Å². The number of carbonyl (C=O) groups excluding carboxylic acids is 4. The number of aliphatic hydroxyl groups is 1. The largest absolute Gasteiger partial charge is 0.455 e. The maximum atomic E-state index is 14.2. The van der Waals surface area contributed by atoms with Gasteiger partial charge in [-0.3, -0.25) is 19.2 Å². The van der Waals surface area contributed by atoms with Gasteiger partial charge in [-0.25, -0.2) is 0 Å². The van der Waals surface area contributed by atoms with Gasteiger partial charge in [-0.05, 0) is 18.4 Å². The predicted molar refractivity (Wildman–Crippen MR) is 144 cm³/mol. The summed E-state index contributed by atoms with van der Waals surface area (Å²) < 4.78 is 12.4. The number of amides is 3. The zero-order valence-corrected chi connectivity index (χ0v) is 22.7. The molecule has 4 heterocycles. The van der Waals surface area contributed by atoms with Crippen LogP contribution >= 0.6 is 0 Å². The third kappa shape index (κ3) is 5.06. The molecule has 0 saturated carbocycles. The summed E-state index contributed by atoms with van der Waals surface area (Å²) in [6, 6.07) is 8.12. The van der Waals surface area contributed by atoms with E-state index < -0.39 is 47.6 Å². The fourth-order valence-corrected chi connectivity index (χ4v) is 6.32. The standard InChI is InChI=1S/C30H37N3O7/c1-2-3-15-32-16-9-5-8-12-23(35)31-19-22(20-10-6-4-7-11-20)39-29(38)24-21-13-14-30(40-21)25(24)27(36)33(17-18-34)26(30)28(32)37/h4-7,9-11,13-14,21-22,24-26,34H,2-3,8,12,15-19H2,1H3,(H,31,35)/b9-5-/t21-,22-,24+,25+,26-,30+/m1/s1. The van der Waals surface area contributed by atoms with Crippen LogP contribution in [0.2, 0.25) is 0 Å². The molecular weight excluding hydrogens is 514 g/mol. The van der Waals surface area contributed by atoms with Gasteiger partial charge < -0.3 is 29.7 Å². The summed E-state index contributed by atoms with van der Waals surface area (Å²) in [7, 11) is 0. The molecule has 10 nitrogen and oxygen atoms in total. The molecule has 40 heavy (non-hydrogen) atoms. The molecule has 0 aliphatic carbocycles. The van der Waals surface area contributed by atoms with Crippen molar-refractivity contribution in [2.75, 3.05) is 32.8 Å². The lowest BCUT2D eigenvalue weighted by atomic mass is 9.74. The smallest absolute Gasteiger partial charge is 0.313 e. The average molecular weight is 552 g/mol. The van der Waals surface area contributed by atoms with Crippen molar-refractivity contribution in [3.8, 4) is 0 Å². The topological polar surface area (TPSA) is 125 Å². The number of allylic oxidation sites excluding steroid dienone is 1. The van der Waals surface area contributed by atoms with Crippen LogP contribution in [0.4, 0.5) is 0 Å². The Hall–Kier alpha value is -3.50. The number of ether oxygens (including phenoxy) is 2. The third-order valence-corrected chi connectivity index (χ3v) is 8.26. The van der Waals surface area contributed by atoms with E-state index in [1.807, 2.05) is 49.4 Å². The molecule has 5 rings (SSSR count). The number of rotatable bonds is 6. The molecule has 214 valence electrons. The molecule has 4 aliphatic rings. The van der Waals surface area contributed by atoms with Crippen molar-refractivity contribution in [3.63, 3.8) is 0 Å². The summed E-state index contributed by atoms with van der Waals surface area (Å²) in [5.41, 5.74) is -0.612. The van der Waals surface area contributed by atoms with E-state index in [0.29, 0.717) is 25.1 Å². The van der Waals surface area contributed by atoms with Crippen LogP contribution in [-0.4, -0.2) is 89.1 Å². The fourth-order valence-electron chi connectivity index (χ4n) is 6.32. The van der Waals surface area contributed by atoms with Gasteiger partial charge in [0.05, 0.1) is 25.2 Å². The summed E-state index contributed by atoms with van der Waals surface area (Å²) in [6.45, 7) is 2.54. The normalized spacial score (nSPS) is 33.2. The lowest BCUT2D eigenvalue weighted by Crippen LogP contribution is -2.56. The first-order chi connectivity index (χ1) is 19.4. The van der Waals surface area contributed by atoms with Crippen LogP contribution in [0.5, 0.6) is 0 Å². The van der Waals surface area contributed by atoms with E-state index in [9.17, 15) is 24.3 Å². The van der Waals surface area contributed by atoms with E-state index in [-0.39, 0.29) is 37.9 Å². The van der Waals surface area contributed by atoms with Gasteiger partial charge in [0.2, 0.25) is 17.7 Å². The summed E-state index contributed by atoms with van der Waals surface area (Å²) in [5.74, 6) is -3.41. The molecule has 1 spiro atoms. The monoisotopic (exact) mass is 551 g/mol. The first kappa shape index (κ1) is 28.0. The fraction of sp³-hybridized carbons (Fsp3) is 0.533. The third-order valence-electron chi connectivity index (χ3n) is 8.26. The van der Waals surface area contributed by atoms with Crippen LogP contribution in [0.15, 0.2) is 54.6 Å². The van der Waals surface area contributed by atoms with Crippen molar-refractivity contribution >= 4 is 23.7 Å². The van der Waals surface area contributed by atoms with Crippen molar-refractivity contribution < 1.29 is 33.8 Å². The second kappa shape index (κ2) is 11.9. The van der Waals surface area contributed by atoms with E-state index in [0.717, 1.165) is 12.8 Å². The maximum Gasteiger partial charge on any atom is 0.313 e. The lowest BCUT2D eigenvalue weighted by molar-refractivity contribution is -0.159. The van der Waals surface area contributed by atoms with E-state index in [1.54, 1.807) is 17.1 Å². The molecule has 10 heteroatoms. The highest BCUT2D eigenvalue weighted by atomic mass is 16.6. The summed E-state index contributed by atoms with van der Waals surface area (Å²) in [5, 5.41) is 12.7. The number of hydrogen-bond donors (Lipinski definition) is 2. The van der Waals surface area contributed by atoms with Crippen molar-refractivity contribution in [2.45, 2.75) is 56.5 Å². The number of aliphatic hydroxyl groups excluding tert-OH is 1. The van der Waals surface area contributed by atoms with E-state index >= 15 is 0 Å². The number of esters is 1. The average Bonchev–Trinajstić information content (AvgIpc) is 3.60. The molecule has 0 aromatic heterocycles. The summed E-state index contributed by atoms with van der Waals surface area (Å²) >= 11 is 0. The first-order valence-electron chi connectivity index (χ1n) is 14.2. The molecule has 3 amide bonds. The van der Waals surface area contributed by atoms with Gasteiger partial charge in [-0.2, -0.15) is 0 Å². The van der Waals surface area contributed by atoms with Gasteiger partial charge >= 0.3 is 5.97 Å². The van der Waals surface area contributed by atoms with Crippen LogP contribution in [0, 0.1) is 11.8 Å². The van der Waals surface area contributed by atoms with Gasteiger partial charge in [0.1, 0.15) is 23.7 Å². The van der Waals surface area contributed by atoms with Gasteiger partial charge in [0.25, 0.3) is 0 Å². The van der Waals surface area contributed by atoms with Crippen molar-refractivity contribution in [3.05, 3.63) is 60.2 Å². The zero-order chi connectivity index (χ0) is 28.3. The number of nitrogens with zero attached hydrogens (tertiary/aromatic N) is 2. The molecule has 1 aromatic rings. The Labute approximate surface area is 234 Å². The van der Waals surface area contributed by atoms with E-state index in [1.165, 1.54) is 4.90 Å². The molecule has 2 saturated heterocycles. The van der Waals surface area contributed by atoms with Crippen molar-refractivity contribution in [1.82, 2.24) is 15.1 Å². The highest BCUT2D eigenvalue weighted by Crippen LogP contribution is 2.55. The Morgan fingerprint density at radius 1 is 1.07 bits per heavy atom. The molecule has 1 aromatic carbocycles. The summed E-state index contributed by atoms with van der Waals surface area (Å²) in [6.07, 6.45) is 8.13. The number of carbonyl (C=O) groups is 4. The second-order valence-electron chi connectivity index (χ2n) is 10.7. The van der Waals surface area contributed by atoms with Gasteiger partial charge in [0.15, 0.2) is 0 Å². The Morgan fingerprint density at radius 3 is 2.62 bits per heavy atom. The minimum atomic E-state index is -1.32. The highest BCUT2D eigenvalue weighted by molar-refractivity contribution is 5.99. The van der Waals surface area contributed by atoms with Crippen LogP contribution in [0.1, 0.15) is 44.3 Å². The van der Waals surface area contributed by atoms with E-state index in [4.69, 9.17) is 9.47 Å². The molecule has 4 aliphatic heterocycles. The maximum absolute atomic E-state index is 14.2. The number of benzene rings is 1. The minimum Gasteiger partial charge on any atom is -0.455 e. The first-order valence-corrected chi connectivity index (χ1v) is 14.2. The van der Waals surface area contributed by atoms with E-state index in [2.05, 4.69) is 5.32 Å². The molecule has 6 atom stereocenters. The molecule has 0 radical (unpaired) electrons. The predicted octanol–water partition coefficient (Wildman–Crippen LogP) is 1.51. The zero-order valence-electron chi connectivity index (χ0n) is 22.7. The number of cyclic esters (lactones) is 1. The van der Waals surface area contributed by atoms with Gasteiger partial charge in [-0.1, -0.05) is 68.0 Å². The molecule has 2 N–H and O–H groups in total. The number of likely N-dealkylation sites (tertiary alicyclic amines) is 1. The van der Waals surface area contributed by atoms with Crippen molar-refractivity contribution in [2.24, 2.45) is 11.8 Å². The van der Waals surface area contributed by atoms with Crippen LogP contribution in [0.25, 0.3) is 0 Å². The Morgan fingerprint density at radius 2 is 1.88 bits per heavy atom. The van der Waals surface area contributed by atoms with Crippen LogP contribution in [0.3, 0.4) is 0 Å². The Bertz CT molecular complexity index is 1190.